The summed E-state index contributed by atoms with van der Waals surface area (Å²) in [6.07, 6.45) is 1.17. The lowest BCUT2D eigenvalue weighted by Crippen LogP contribution is -2.33. The number of fused-ring (bicyclic) bond motifs is 1. The molecular weight excluding hydrogens is 364 g/mol. The molecule has 0 fully saturated rings. The van der Waals surface area contributed by atoms with Crippen molar-refractivity contribution < 1.29 is 19.2 Å². The van der Waals surface area contributed by atoms with E-state index in [0.29, 0.717) is 28.5 Å². The Bertz CT molecular complexity index is 957. The molecule has 2 atom stereocenters. The second kappa shape index (κ2) is 7.71. The van der Waals surface area contributed by atoms with Crippen molar-refractivity contribution >= 4 is 23.2 Å². The van der Waals surface area contributed by atoms with Gasteiger partial charge in [0.2, 0.25) is 5.88 Å². The molecule has 1 aliphatic heterocycles. The summed E-state index contributed by atoms with van der Waals surface area (Å²) in [7, 11) is 1.29. The molecule has 0 bridgehead atoms. The van der Waals surface area contributed by atoms with Crippen LogP contribution in [0.2, 0.25) is 0 Å². The van der Waals surface area contributed by atoms with Gasteiger partial charge in [-0.25, -0.2) is 15.0 Å². The van der Waals surface area contributed by atoms with Crippen LogP contribution in [0.4, 0.5) is 11.5 Å². The molecule has 1 aliphatic rings. The van der Waals surface area contributed by atoms with Crippen LogP contribution >= 0.6 is 0 Å². The van der Waals surface area contributed by atoms with Gasteiger partial charge in [-0.15, -0.1) is 0 Å². The quantitative estimate of drug-likeness (QED) is 0.441. The number of ether oxygens (including phenoxy) is 2. The molecule has 0 spiro atoms. The number of nitrogens with zero attached hydrogens (tertiary/aromatic N) is 4. The number of carbonyl (C=O) groups is 1. The molecular formula is C19H20N4O5. The molecule has 0 radical (unpaired) electrons. The van der Waals surface area contributed by atoms with Crippen molar-refractivity contribution in [2.24, 2.45) is 10.9 Å². The highest BCUT2D eigenvalue weighted by Gasteiger charge is 2.41. The van der Waals surface area contributed by atoms with E-state index in [1.165, 1.54) is 25.6 Å². The van der Waals surface area contributed by atoms with E-state index >= 15 is 0 Å². The second-order valence-corrected chi connectivity index (χ2v) is 6.67. The van der Waals surface area contributed by atoms with Crippen molar-refractivity contribution in [3.8, 4) is 5.88 Å². The third-order valence-corrected chi connectivity index (χ3v) is 4.45. The predicted molar refractivity (Wildman–Crippen MR) is 101 cm³/mol. The van der Waals surface area contributed by atoms with Crippen molar-refractivity contribution in [3.05, 3.63) is 51.8 Å². The molecule has 9 heteroatoms. The average Bonchev–Trinajstić information content (AvgIpc) is 2.66. The number of carbonyl (C=O) groups excluding carboxylic acids is 1. The van der Waals surface area contributed by atoms with Crippen LogP contribution in [0.5, 0.6) is 5.88 Å². The van der Waals surface area contributed by atoms with Gasteiger partial charge in [-0.3, -0.25) is 14.9 Å². The zero-order chi connectivity index (χ0) is 20.4. The average molecular weight is 384 g/mol. The van der Waals surface area contributed by atoms with Crippen LogP contribution in [-0.2, 0) is 9.53 Å². The first-order valence-electron chi connectivity index (χ1n) is 8.72. The van der Waals surface area contributed by atoms with Crippen LogP contribution in [0, 0.1) is 16.0 Å². The van der Waals surface area contributed by atoms with E-state index in [0.717, 1.165) is 0 Å². The van der Waals surface area contributed by atoms with E-state index in [9.17, 15) is 14.9 Å². The van der Waals surface area contributed by atoms with E-state index in [4.69, 9.17) is 9.47 Å². The first-order valence-corrected chi connectivity index (χ1v) is 8.72. The van der Waals surface area contributed by atoms with E-state index in [2.05, 4.69) is 15.0 Å². The molecule has 2 aromatic rings. The molecule has 2 heterocycles. The third kappa shape index (κ3) is 3.55. The van der Waals surface area contributed by atoms with Gasteiger partial charge in [-0.05, 0) is 26.3 Å². The Morgan fingerprint density at radius 2 is 2.04 bits per heavy atom. The maximum Gasteiger partial charge on any atom is 0.315 e. The Morgan fingerprint density at radius 1 is 1.29 bits per heavy atom. The zero-order valence-electron chi connectivity index (χ0n) is 15.9. The number of aliphatic imine (C=N–C) groups is 1. The summed E-state index contributed by atoms with van der Waals surface area (Å²) in [5.41, 5.74) is 1.50. The highest BCUT2D eigenvalue weighted by atomic mass is 16.6. The minimum Gasteiger partial charge on any atom is -0.475 e. The second-order valence-electron chi connectivity index (χ2n) is 6.67. The Morgan fingerprint density at radius 3 is 2.68 bits per heavy atom. The van der Waals surface area contributed by atoms with Crippen LogP contribution in [0.1, 0.15) is 37.8 Å². The number of rotatable bonds is 5. The van der Waals surface area contributed by atoms with Crippen LogP contribution in [0.15, 0.2) is 35.6 Å². The lowest BCUT2D eigenvalue weighted by Gasteiger charge is -2.31. The largest absolute Gasteiger partial charge is 0.475 e. The molecule has 0 saturated heterocycles. The van der Waals surface area contributed by atoms with Crippen molar-refractivity contribution in [2.75, 3.05) is 7.11 Å². The van der Waals surface area contributed by atoms with Gasteiger partial charge in [0.05, 0.1) is 23.7 Å². The van der Waals surface area contributed by atoms with E-state index < -0.39 is 22.7 Å². The maximum absolute atomic E-state index is 12.6. The molecule has 1 aromatic heterocycles. The summed E-state index contributed by atoms with van der Waals surface area (Å²) in [6.45, 7) is 5.41. The van der Waals surface area contributed by atoms with E-state index in [1.807, 2.05) is 13.8 Å². The predicted octanol–water partition coefficient (Wildman–Crippen LogP) is 3.20. The minimum absolute atomic E-state index is 0.0778. The molecule has 3 rings (SSSR count). The van der Waals surface area contributed by atoms with Gasteiger partial charge < -0.3 is 9.47 Å². The lowest BCUT2D eigenvalue weighted by atomic mass is 9.77. The minimum atomic E-state index is -0.778. The van der Waals surface area contributed by atoms with Crippen molar-refractivity contribution in [2.45, 2.75) is 32.8 Å². The number of esters is 1. The Labute approximate surface area is 161 Å². The third-order valence-electron chi connectivity index (χ3n) is 4.45. The Balaban J connectivity index is 2.27. The summed E-state index contributed by atoms with van der Waals surface area (Å²) in [5, 5.41) is 11.3. The van der Waals surface area contributed by atoms with Gasteiger partial charge in [-0.1, -0.05) is 12.1 Å². The van der Waals surface area contributed by atoms with Gasteiger partial charge >= 0.3 is 5.97 Å². The molecule has 2 unspecified atom stereocenters. The van der Waals surface area contributed by atoms with Gasteiger partial charge in [0, 0.05) is 23.8 Å². The fraction of sp³-hybridized carbons (Fsp3) is 0.368. The summed E-state index contributed by atoms with van der Waals surface area (Å²) in [5.74, 6) is -1.24. The first kappa shape index (κ1) is 19.4. The van der Waals surface area contributed by atoms with Gasteiger partial charge in [0.15, 0.2) is 5.82 Å². The summed E-state index contributed by atoms with van der Waals surface area (Å²) in [6, 6.07) is 6.14. The molecule has 28 heavy (non-hydrogen) atoms. The number of non-ortho nitro benzene ring substituents is 1. The van der Waals surface area contributed by atoms with Crippen LogP contribution in [0.3, 0.4) is 0 Å². The van der Waals surface area contributed by atoms with Gasteiger partial charge in [-0.2, -0.15) is 0 Å². The van der Waals surface area contributed by atoms with Gasteiger partial charge in [0.1, 0.15) is 12.2 Å². The summed E-state index contributed by atoms with van der Waals surface area (Å²) in [4.78, 5) is 36.3. The number of hydrogen-bond donors (Lipinski definition) is 0. The molecule has 0 saturated carbocycles. The molecule has 0 amide bonds. The van der Waals surface area contributed by atoms with E-state index in [-0.39, 0.29) is 11.8 Å². The standard InChI is InChI=1S/C19H20N4O5/c1-10(2)28-18-16-15(12-6-5-7-13(8-12)23(25)26)14(19(24)27-4)11(3)22-17(16)20-9-21-18/h5-10,14-15H,1-4H3. The van der Waals surface area contributed by atoms with E-state index in [1.54, 1.807) is 19.1 Å². The maximum atomic E-state index is 12.6. The van der Waals surface area contributed by atoms with Crippen molar-refractivity contribution in [1.82, 2.24) is 9.97 Å². The Kier molecular flexibility index (Phi) is 5.34. The number of methoxy groups -OCH3 is 1. The summed E-state index contributed by atoms with van der Waals surface area (Å²) < 4.78 is 10.8. The lowest BCUT2D eigenvalue weighted by molar-refractivity contribution is -0.384. The number of nitro groups is 1. The molecule has 0 N–H and O–H groups in total. The summed E-state index contributed by atoms with van der Waals surface area (Å²) >= 11 is 0. The number of hydrogen-bond acceptors (Lipinski definition) is 8. The highest BCUT2D eigenvalue weighted by Crippen LogP contribution is 2.46. The normalized spacial score (nSPS) is 18.2. The van der Waals surface area contributed by atoms with Crippen LogP contribution in [-0.4, -0.2) is 39.8 Å². The number of nitro benzene ring substituents is 1. The van der Waals surface area contributed by atoms with Crippen molar-refractivity contribution in [3.63, 3.8) is 0 Å². The number of benzene rings is 1. The zero-order valence-corrected chi connectivity index (χ0v) is 15.9. The Hall–Kier alpha value is -3.36. The smallest absolute Gasteiger partial charge is 0.315 e. The monoisotopic (exact) mass is 384 g/mol. The van der Waals surface area contributed by atoms with Crippen LogP contribution in [0.25, 0.3) is 0 Å². The molecule has 9 nitrogen and oxygen atoms in total. The molecule has 146 valence electrons. The van der Waals surface area contributed by atoms with Gasteiger partial charge in [0.25, 0.3) is 5.69 Å². The fourth-order valence-electron chi connectivity index (χ4n) is 3.32. The molecule has 1 aromatic carbocycles. The molecule has 0 aliphatic carbocycles. The van der Waals surface area contributed by atoms with Crippen molar-refractivity contribution in [1.29, 1.82) is 0 Å². The first-order chi connectivity index (χ1) is 13.3. The SMILES string of the molecule is COC(=O)C1C(C)=Nc2ncnc(OC(C)C)c2C1c1cccc([N+](=O)[O-])c1. The topological polar surface area (TPSA) is 117 Å². The highest BCUT2D eigenvalue weighted by molar-refractivity contribution is 6.05. The number of aromatic nitrogens is 2. The fourth-order valence-corrected chi connectivity index (χ4v) is 3.32. The van der Waals surface area contributed by atoms with Crippen LogP contribution < -0.4 is 4.74 Å².